The monoisotopic (exact) mass is 417 g/mol. The van der Waals surface area contributed by atoms with E-state index in [0.717, 1.165) is 12.2 Å². The second kappa shape index (κ2) is 7.75. The number of benzene rings is 1. The van der Waals surface area contributed by atoms with Crippen LogP contribution < -0.4 is 0 Å². The molecular weight excluding hydrogens is 398 g/mol. The molecule has 1 aromatic rings. The number of carboxylic acid groups (broad SMARTS) is 1. The number of fused-ring (bicyclic) bond motifs is 2. The number of nitro groups is 2. The van der Waals surface area contributed by atoms with E-state index in [1.54, 1.807) is 18.2 Å². The van der Waals surface area contributed by atoms with Gasteiger partial charge in [-0.05, 0) is 12.2 Å². The van der Waals surface area contributed by atoms with Crippen molar-refractivity contribution in [2.75, 3.05) is 19.6 Å². The first-order chi connectivity index (χ1) is 14.1. The molecule has 1 aliphatic heterocycles. The molecule has 0 saturated carbocycles. The van der Waals surface area contributed by atoms with Gasteiger partial charge in [0.1, 0.15) is 5.92 Å². The van der Waals surface area contributed by atoms with E-state index in [4.69, 9.17) is 5.11 Å². The Morgan fingerprint density at radius 2 is 1.80 bits per heavy atom. The van der Waals surface area contributed by atoms with Gasteiger partial charge in [0.15, 0.2) is 5.78 Å². The largest absolute Gasteiger partial charge is 0.481 e. The lowest BCUT2D eigenvalue weighted by atomic mass is 9.60. The lowest BCUT2D eigenvalue weighted by Crippen LogP contribution is -2.75. The normalized spacial score (nSPS) is 28.1. The van der Waals surface area contributed by atoms with Crippen LogP contribution in [-0.4, -0.2) is 68.1 Å². The summed E-state index contributed by atoms with van der Waals surface area (Å²) in [5.41, 5.74) is -4.25. The molecule has 0 amide bonds. The smallest absolute Gasteiger partial charge is 0.305 e. The summed E-state index contributed by atoms with van der Waals surface area (Å²) >= 11 is 0. The molecule has 30 heavy (non-hydrogen) atoms. The van der Waals surface area contributed by atoms with Gasteiger partial charge in [-0.3, -0.25) is 39.5 Å². The summed E-state index contributed by atoms with van der Waals surface area (Å²) in [4.78, 5) is 60.5. The van der Waals surface area contributed by atoms with Gasteiger partial charge in [0.25, 0.3) is 5.54 Å². The highest BCUT2D eigenvalue weighted by Crippen LogP contribution is 2.46. The van der Waals surface area contributed by atoms with Crippen LogP contribution in [-0.2, 0) is 9.59 Å². The Bertz CT molecular complexity index is 946. The molecule has 1 saturated heterocycles. The number of likely N-dealkylation sites (tertiary alicyclic amines) is 1. The molecule has 2 aliphatic rings. The quantitative estimate of drug-likeness (QED) is 0.367. The average Bonchev–Trinajstić information content (AvgIpc) is 2.70. The molecule has 0 unspecified atom stereocenters. The van der Waals surface area contributed by atoms with Crippen molar-refractivity contribution in [1.82, 2.24) is 4.90 Å². The van der Waals surface area contributed by atoms with Crippen LogP contribution in [0, 0.1) is 26.1 Å². The summed E-state index contributed by atoms with van der Waals surface area (Å²) in [7, 11) is 0. The van der Waals surface area contributed by atoms with Crippen LogP contribution in [0.2, 0.25) is 0 Å². The van der Waals surface area contributed by atoms with Gasteiger partial charge >= 0.3 is 11.5 Å². The second-order valence-corrected chi connectivity index (χ2v) is 7.53. The van der Waals surface area contributed by atoms with Gasteiger partial charge in [0.05, 0.1) is 19.5 Å². The first kappa shape index (κ1) is 21.2. The number of hydrogen-bond donors (Lipinski definition) is 1. The highest BCUT2D eigenvalue weighted by atomic mass is 16.6. The molecule has 1 aliphatic carbocycles. The van der Waals surface area contributed by atoms with E-state index in [1.807, 2.05) is 0 Å². The third-order valence-electron chi connectivity index (χ3n) is 5.86. The fourth-order valence-corrected chi connectivity index (χ4v) is 4.38. The molecule has 0 spiro atoms. The van der Waals surface area contributed by atoms with Gasteiger partial charge < -0.3 is 5.11 Å². The number of nitrogens with zero attached hydrogens (tertiary/aromatic N) is 3. The fraction of sp³-hybridized carbons (Fsp3) is 0.421. The molecule has 3 rings (SSSR count). The Labute approximate surface area is 170 Å². The Hall–Kier alpha value is -3.47. The molecule has 1 heterocycles. The molecule has 0 aromatic heterocycles. The number of piperidine rings is 1. The number of rotatable bonds is 8. The van der Waals surface area contributed by atoms with Crippen molar-refractivity contribution >= 4 is 17.5 Å². The zero-order valence-electron chi connectivity index (χ0n) is 15.8. The molecule has 1 N–H and O–H groups in total. The Morgan fingerprint density at radius 1 is 1.13 bits per heavy atom. The average molecular weight is 417 g/mol. The number of hydrogen-bond acceptors (Lipinski definition) is 8. The van der Waals surface area contributed by atoms with Crippen molar-refractivity contribution in [3.05, 3.63) is 68.3 Å². The van der Waals surface area contributed by atoms with E-state index in [2.05, 4.69) is 0 Å². The second-order valence-electron chi connectivity index (χ2n) is 7.53. The Balaban J connectivity index is 2.08. The summed E-state index contributed by atoms with van der Waals surface area (Å²) in [5, 5.41) is 33.2. The fourth-order valence-electron chi connectivity index (χ4n) is 4.38. The van der Waals surface area contributed by atoms with E-state index >= 15 is 0 Å². The van der Waals surface area contributed by atoms with Crippen molar-refractivity contribution in [3.63, 3.8) is 0 Å². The highest BCUT2D eigenvalue weighted by molar-refractivity contribution is 6.01. The molecule has 11 heteroatoms. The molecule has 0 radical (unpaired) electrons. The SMILES string of the molecule is O=C(O)CCN1C[C@]2([N+](=O)[O-])C(=O)C=C[C@@]([N+](=O)[O-])(C1)[C@@H]2CC(=O)c1ccccc1. The molecule has 2 bridgehead atoms. The lowest BCUT2D eigenvalue weighted by Gasteiger charge is -2.48. The van der Waals surface area contributed by atoms with Gasteiger partial charge in [-0.15, -0.1) is 0 Å². The standard InChI is InChI=1S/C19H19N3O8/c23-14(13-4-2-1-3-5-13)10-15-18(21(27)28)8-6-16(24)19(15,22(29)30)12-20(11-18)9-7-17(25)26/h1-6,8,15H,7,9-12H2,(H,25,26)/t15-,18+,19+/m0/s1. The van der Waals surface area contributed by atoms with Gasteiger partial charge in [0, 0.05) is 28.4 Å². The molecule has 1 aromatic carbocycles. The van der Waals surface area contributed by atoms with Crippen molar-refractivity contribution in [2.24, 2.45) is 5.92 Å². The minimum atomic E-state index is -2.41. The minimum absolute atomic E-state index is 0.193. The number of aliphatic carboxylic acids is 1. The maximum Gasteiger partial charge on any atom is 0.305 e. The highest BCUT2D eigenvalue weighted by Gasteiger charge is 2.74. The van der Waals surface area contributed by atoms with Crippen LogP contribution in [0.4, 0.5) is 0 Å². The van der Waals surface area contributed by atoms with E-state index in [9.17, 15) is 34.6 Å². The number of Topliss-reactive ketones (excluding diaryl/α,β-unsaturated/α-hetero) is 1. The van der Waals surface area contributed by atoms with E-state index in [-0.39, 0.29) is 18.7 Å². The predicted molar refractivity (Wildman–Crippen MR) is 101 cm³/mol. The summed E-state index contributed by atoms with van der Waals surface area (Å²) in [5.74, 6) is -4.16. The van der Waals surface area contributed by atoms with E-state index in [0.29, 0.717) is 0 Å². The summed E-state index contributed by atoms with van der Waals surface area (Å²) in [6.45, 7) is -1.03. The van der Waals surface area contributed by atoms with Crippen molar-refractivity contribution in [3.8, 4) is 0 Å². The van der Waals surface area contributed by atoms with Crippen molar-refractivity contribution in [2.45, 2.75) is 23.9 Å². The Morgan fingerprint density at radius 3 is 2.37 bits per heavy atom. The van der Waals surface area contributed by atoms with Crippen LogP contribution >= 0.6 is 0 Å². The van der Waals surface area contributed by atoms with Crippen molar-refractivity contribution < 1.29 is 29.3 Å². The molecular formula is C19H19N3O8. The first-order valence-electron chi connectivity index (χ1n) is 9.18. The van der Waals surface area contributed by atoms with E-state index in [1.165, 1.54) is 17.0 Å². The van der Waals surface area contributed by atoms with Crippen LogP contribution in [0.15, 0.2) is 42.5 Å². The van der Waals surface area contributed by atoms with Crippen LogP contribution in [0.1, 0.15) is 23.2 Å². The maximum atomic E-state index is 12.8. The lowest BCUT2D eigenvalue weighted by molar-refractivity contribution is -0.623. The molecule has 3 atom stereocenters. The van der Waals surface area contributed by atoms with Gasteiger partial charge in [-0.1, -0.05) is 30.3 Å². The predicted octanol–water partition coefficient (Wildman–Crippen LogP) is 0.836. The number of carbonyl (C=O) groups excluding carboxylic acids is 2. The minimum Gasteiger partial charge on any atom is -0.481 e. The van der Waals surface area contributed by atoms with Gasteiger partial charge in [-0.2, -0.15) is 0 Å². The zero-order valence-corrected chi connectivity index (χ0v) is 15.8. The van der Waals surface area contributed by atoms with Gasteiger partial charge in [-0.25, -0.2) is 0 Å². The number of carbonyl (C=O) groups is 3. The number of carboxylic acids is 1. The first-order valence-corrected chi connectivity index (χ1v) is 9.18. The number of ketones is 2. The molecule has 11 nitrogen and oxygen atoms in total. The Kier molecular flexibility index (Phi) is 5.49. The maximum absolute atomic E-state index is 12.8. The third kappa shape index (κ3) is 3.36. The topological polar surface area (TPSA) is 161 Å². The van der Waals surface area contributed by atoms with E-state index < -0.39 is 63.8 Å². The van der Waals surface area contributed by atoms with Crippen LogP contribution in [0.25, 0.3) is 0 Å². The van der Waals surface area contributed by atoms with Crippen molar-refractivity contribution in [1.29, 1.82) is 0 Å². The molecule has 158 valence electrons. The summed E-state index contributed by atoms with van der Waals surface area (Å²) in [6, 6.07) is 7.86. The third-order valence-corrected chi connectivity index (χ3v) is 5.86. The summed E-state index contributed by atoms with van der Waals surface area (Å²) in [6.07, 6.45) is 0.915. The molecule has 1 fully saturated rings. The van der Waals surface area contributed by atoms with Crippen LogP contribution in [0.5, 0.6) is 0 Å². The van der Waals surface area contributed by atoms with Crippen LogP contribution in [0.3, 0.4) is 0 Å². The van der Waals surface area contributed by atoms with Gasteiger partial charge in [0.2, 0.25) is 5.78 Å². The zero-order chi connectivity index (χ0) is 22.1. The summed E-state index contributed by atoms with van der Waals surface area (Å²) < 4.78 is 0.